The number of nitrogens with zero attached hydrogens (tertiary/aromatic N) is 2. The summed E-state index contributed by atoms with van der Waals surface area (Å²) in [7, 11) is 0. The van der Waals surface area contributed by atoms with Gasteiger partial charge in [-0.15, -0.1) is 0 Å². The topological polar surface area (TPSA) is 77.4 Å². The Balaban J connectivity index is 1.57. The lowest BCUT2D eigenvalue weighted by atomic mass is 9.46. The van der Waals surface area contributed by atoms with Crippen molar-refractivity contribution in [2.75, 3.05) is 18.0 Å². The third-order valence-electron chi connectivity index (χ3n) is 6.40. The molecule has 138 valence electrons. The van der Waals surface area contributed by atoms with Crippen molar-refractivity contribution < 1.29 is 4.74 Å². The smallest absolute Gasteiger partial charge is 0.131 e. The Kier molecular flexibility index (Phi) is 3.91. The number of aromatic nitrogens is 1. The minimum atomic E-state index is -0.216. The maximum atomic E-state index is 6.78. The number of ether oxygens (including phenoxy) is 1. The van der Waals surface area contributed by atoms with Gasteiger partial charge in [0.15, 0.2) is 0 Å². The van der Waals surface area contributed by atoms with Gasteiger partial charge < -0.3 is 21.1 Å². The van der Waals surface area contributed by atoms with Crippen LogP contribution < -0.4 is 16.4 Å². The first kappa shape index (κ1) is 17.3. The molecule has 1 aromatic rings. The molecule has 2 saturated carbocycles. The summed E-state index contributed by atoms with van der Waals surface area (Å²) >= 11 is 0. The largest absolute Gasteiger partial charge is 0.372 e. The molecule has 0 amide bonds. The number of morpholine rings is 1. The first-order chi connectivity index (χ1) is 11.7. The van der Waals surface area contributed by atoms with Crippen molar-refractivity contribution in [3.8, 4) is 0 Å². The summed E-state index contributed by atoms with van der Waals surface area (Å²) < 4.78 is 5.86. The van der Waals surface area contributed by atoms with E-state index in [1.54, 1.807) is 0 Å². The predicted octanol–water partition coefficient (Wildman–Crippen LogP) is 2.37. The van der Waals surface area contributed by atoms with Crippen LogP contribution in [0.4, 0.5) is 5.82 Å². The lowest BCUT2D eigenvalue weighted by Gasteiger charge is -2.62. The molecule has 4 rings (SSSR count). The average Bonchev–Trinajstić information content (AvgIpc) is 2.45. The van der Waals surface area contributed by atoms with Gasteiger partial charge in [-0.05, 0) is 76.0 Å². The molecular weight excluding hydrogens is 312 g/mol. The molecule has 1 aromatic heterocycles. The molecule has 0 bridgehead atoms. The highest BCUT2D eigenvalue weighted by atomic mass is 16.5. The summed E-state index contributed by atoms with van der Waals surface area (Å²) in [5, 5.41) is 0. The van der Waals surface area contributed by atoms with E-state index in [9.17, 15) is 0 Å². The van der Waals surface area contributed by atoms with Gasteiger partial charge in [-0.3, -0.25) is 0 Å². The molecule has 5 nitrogen and oxygen atoms in total. The van der Waals surface area contributed by atoms with Crippen molar-refractivity contribution in [2.45, 2.75) is 77.2 Å². The van der Waals surface area contributed by atoms with Gasteiger partial charge in [0, 0.05) is 30.4 Å². The Morgan fingerprint density at radius 2 is 1.76 bits per heavy atom. The van der Waals surface area contributed by atoms with E-state index >= 15 is 0 Å². The number of hydrogen-bond donors (Lipinski definition) is 2. The molecular formula is C20H32N4O. The monoisotopic (exact) mass is 344 g/mol. The van der Waals surface area contributed by atoms with E-state index in [2.05, 4.69) is 38.7 Å². The van der Waals surface area contributed by atoms with E-state index in [1.165, 1.54) is 11.1 Å². The third kappa shape index (κ3) is 2.86. The Morgan fingerprint density at radius 3 is 2.32 bits per heavy atom. The highest BCUT2D eigenvalue weighted by Crippen LogP contribution is 2.62. The summed E-state index contributed by atoms with van der Waals surface area (Å²) in [6.45, 7) is 10.3. The van der Waals surface area contributed by atoms with Gasteiger partial charge in [0.05, 0.1) is 12.2 Å². The van der Waals surface area contributed by atoms with Crippen LogP contribution in [0.2, 0.25) is 0 Å². The van der Waals surface area contributed by atoms with Crippen LogP contribution in [0, 0.1) is 19.3 Å². The summed E-state index contributed by atoms with van der Waals surface area (Å²) in [5.74, 6) is 1.09. The van der Waals surface area contributed by atoms with E-state index in [1.807, 2.05) is 0 Å². The van der Waals surface area contributed by atoms with Crippen molar-refractivity contribution in [2.24, 2.45) is 16.9 Å². The zero-order valence-electron chi connectivity index (χ0n) is 16.0. The lowest BCUT2D eigenvalue weighted by molar-refractivity contribution is -0.0594. The minimum Gasteiger partial charge on any atom is -0.372 e. The number of pyridine rings is 1. The molecule has 3 fully saturated rings. The fraction of sp³-hybridized carbons (Fsp3) is 0.750. The van der Waals surface area contributed by atoms with E-state index < -0.39 is 0 Å². The molecule has 5 heteroatoms. The maximum absolute atomic E-state index is 6.78. The molecule has 0 radical (unpaired) electrons. The standard InChI is InChI=1S/C20H32N4O/c1-12-5-17(20(22)10-19(11-20)6-16(21)7-19)15(4)23-18(12)24-8-13(2)25-14(3)9-24/h5,13-14,16H,6-11,21-22H2,1-4H3. The molecule has 1 spiro atoms. The molecule has 1 aliphatic heterocycles. The lowest BCUT2D eigenvalue weighted by Crippen LogP contribution is -2.63. The first-order valence-corrected chi connectivity index (χ1v) is 9.63. The Labute approximate surface area is 151 Å². The van der Waals surface area contributed by atoms with Crippen LogP contribution in [0.15, 0.2) is 6.07 Å². The normalized spacial score (nSPS) is 40.7. The average molecular weight is 345 g/mol. The van der Waals surface area contributed by atoms with Gasteiger partial charge >= 0.3 is 0 Å². The molecule has 2 aliphatic carbocycles. The molecule has 0 aromatic carbocycles. The minimum absolute atomic E-state index is 0.216. The summed E-state index contributed by atoms with van der Waals surface area (Å²) in [4.78, 5) is 7.35. The zero-order valence-corrected chi connectivity index (χ0v) is 16.0. The Bertz CT molecular complexity index is 665. The number of rotatable bonds is 2. The van der Waals surface area contributed by atoms with Crippen molar-refractivity contribution in [1.82, 2.24) is 4.98 Å². The fourth-order valence-electron chi connectivity index (χ4n) is 5.69. The second-order valence-corrected chi connectivity index (χ2v) is 9.10. The van der Waals surface area contributed by atoms with Crippen LogP contribution in [0.3, 0.4) is 0 Å². The van der Waals surface area contributed by atoms with Crippen LogP contribution in [0.5, 0.6) is 0 Å². The van der Waals surface area contributed by atoms with E-state index in [0.29, 0.717) is 11.5 Å². The van der Waals surface area contributed by atoms with Crippen LogP contribution in [-0.4, -0.2) is 36.3 Å². The second-order valence-electron chi connectivity index (χ2n) is 9.10. The van der Waals surface area contributed by atoms with Crippen LogP contribution >= 0.6 is 0 Å². The summed E-state index contributed by atoms with van der Waals surface area (Å²) in [6, 6.07) is 2.67. The number of nitrogens with two attached hydrogens (primary N) is 2. The first-order valence-electron chi connectivity index (χ1n) is 9.63. The van der Waals surface area contributed by atoms with Crippen molar-refractivity contribution in [3.63, 3.8) is 0 Å². The van der Waals surface area contributed by atoms with E-state index in [0.717, 1.165) is 50.3 Å². The van der Waals surface area contributed by atoms with Crippen molar-refractivity contribution >= 4 is 5.82 Å². The van der Waals surface area contributed by atoms with Gasteiger partial charge in [0.1, 0.15) is 5.82 Å². The predicted molar refractivity (Wildman–Crippen MR) is 101 cm³/mol. The van der Waals surface area contributed by atoms with Crippen LogP contribution in [0.1, 0.15) is 56.4 Å². The molecule has 2 unspecified atom stereocenters. The molecule has 4 N–H and O–H groups in total. The Hall–Kier alpha value is -1.17. The number of aryl methyl sites for hydroxylation is 2. The summed E-state index contributed by atoms with van der Waals surface area (Å²) in [6.07, 6.45) is 4.86. The van der Waals surface area contributed by atoms with Crippen LogP contribution in [-0.2, 0) is 10.3 Å². The van der Waals surface area contributed by atoms with Crippen molar-refractivity contribution in [3.05, 3.63) is 22.9 Å². The van der Waals surface area contributed by atoms with Gasteiger partial charge in [-0.25, -0.2) is 4.98 Å². The van der Waals surface area contributed by atoms with Gasteiger partial charge in [-0.1, -0.05) is 0 Å². The zero-order chi connectivity index (χ0) is 18.0. The molecule has 25 heavy (non-hydrogen) atoms. The van der Waals surface area contributed by atoms with Crippen molar-refractivity contribution in [1.29, 1.82) is 0 Å². The quantitative estimate of drug-likeness (QED) is 0.861. The van der Waals surface area contributed by atoms with E-state index in [-0.39, 0.29) is 17.7 Å². The molecule has 2 heterocycles. The highest BCUT2D eigenvalue weighted by molar-refractivity contribution is 5.51. The van der Waals surface area contributed by atoms with Crippen LogP contribution in [0.25, 0.3) is 0 Å². The molecule has 1 saturated heterocycles. The Morgan fingerprint density at radius 1 is 1.16 bits per heavy atom. The fourth-order valence-corrected chi connectivity index (χ4v) is 5.69. The maximum Gasteiger partial charge on any atom is 0.131 e. The second kappa shape index (κ2) is 5.66. The van der Waals surface area contributed by atoms with Gasteiger partial charge in [0.25, 0.3) is 0 Å². The van der Waals surface area contributed by atoms with Gasteiger partial charge in [-0.2, -0.15) is 0 Å². The third-order valence-corrected chi connectivity index (χ3v) is 6.40. The molecule has 2 atom stereocenters. The SMILES string of the molecule is Cc1cc(C2(N)CC3(CC(N)C3)C2)c(C)nc1N1CC(C)OC(C)C1. The molecule has 3 aliphatic rings. The number of anilines is 1. The highest BCUT2D eigenvalue weighted by Gasteiger charge is 2.58. The number of hydrogen-bond acceptors (Lipinski definition) is 5. The van der Waals surface area contributed by atoms with Gasteiger partial charge in [0.2, 0.25) is 0 Å². The van der Waals surface area contributed by atoms with E-state index in [4.69, 9.17) is 21.2 Å². The summed E-state index contributed by atoms with van der Waals surface area (Å²) in [5.41, 5.74) is 16.5.